The highest BCUT2D eigenvalue weighted by Crippen LogP contribution is 2.33. The molecule has 2 rings (SSSR count). The SMILES string of the molecule is CNC1CCCc2sc(CCN(C)C)nc21. The van der Waals surface area contributed by atoms with E-state index in [0.717, 1.165) is 13.0 Å². The lowest BCUT2D eigenvalue weighted by atomic mass is 9.98. The minimum absolute atomic E-state index is 0.494. The van der Waals surface area contributed by atoms with Crippen molar-refractivity contribution in [1.29, 1.82) is 0 Å². The predicted molar refractivity (Wildman–Crippen MR) is 69.1 cm³/mol. The smallest absolute Gasteiger partial charge is 0.0944 e. The van der Waals surface area contributed by atoms with E-state index in [0.29, 0.717) is 6.04 Å². The summed E-state index contributed by atoms with van der Waals surface area (Å²) in [7, 11) is 6.27. The van der Waals surface area contributed by atoms with Gasteiger partial charge in [-0.1, -0.05) is 0 Å². The first kappa shape index (κ1) is 12.0. The molecule has 0 aromatic carbocycles. The Bertz CT molecular complexity index is 346. The number of rotatable bonds is 4. The fraction of sp³-hybridized carbons (Fsp3) is 0.750. The molecule has 1 aromatic heterocycles. The van der Waals surface area contributed by atoms with Crippen LogP contribution in [0.1, 0.15) is 34.5 Å². The van der Waals surface area contributed by atoms with E-state index in [4.69, 9.17) is 4.98 Å². The molecule has 3 nitrogen and oxygen atoms in total. The van der Waals surface area contributed by atoms with Gasteiger partial charge in [-0.2, -0.15) is 0 Å². The quantitative estimate of drug-likeness (QED) is 0.869. The molecule has 1 aromatic rings. The second kappa shape index (κ2) is 5.25. The molecule has 1 N–H and O–H groups in total. The topological polar surface area (TPSA) is 28.2 Å². The number of likely N-dealkylation sites (N-methyl/N-ethyl adjacent to an activating group) is 1. The third kappa shape index (κ3) is 2.62. The Balaban J connectivity index is 2.09. The lowest BCUT2D eigenvalue weighted by Crippen LogP contribution is -2.21. The molecule has 0 spiro atoms. The fourth-order valence-electron chi connectivity index (χ4n) is 2.18. The zero-order valence-corrected chi connectivity index (χ0v) is 11.2. The second-order valence-corrected chi connectivity index (χ2v) is 5.87. The summed E-state index contributed by atoms with van der Waals surface area (Å²) in [4.78, 5) is 8.54. The molecule has 1 aliphatic carbocycles. The molecule has 90 valence electrons. The van der Waals surface area contributed by atoms with Gasteiger partial charge in [-0.05, 0) is 40.4 Å². The van der Waals surface area contributed by atoms with Crippen LogP contribution in [0.3, 0.4) is 0 Å². The highest BCUT2D eigenvalue weighted by molar-refractivity contribution is 7.11. The molecule has 0 radical (unpaired) electrons. The van der Waals surface area contributed by atoms with Crippen molar-refractivity contribution in [2.45, 2.75) is 31.7 Å². The van der Waals surface area contributed by atoms with E-state index in [9.17, 15) is 0 Å². The maximum absolute atomic E-state index is 4.80. The van der Waals surface area contributed by atoms with E-state index in [1.54, 1.807) is 0 Å². The van der Waals surface area contributed by atoms with Crippen LogP contribution in [0.15, 0.2) is 0 Å². The zero-order chi connectivity index (χ0) is 11.5. The Morgan fingerprint density at radius 1 is 1.50 bits per heavy atom. The van der Waals surface area contributed by atoms with Crippen molar-refractivity contribution in [3.63, 3.8) is 0 Å². The first-order valence-corrected chi connectivity index (χ1v) is 6.83. The largest absolute Gasteiger partial charge is 0.312 e. The molecular formula is C12H21N3S. The average Bonchev–Trinajstić information content (AvgIpc) is 2.68. The van der Waals surface area contributed by atoms with E-state index in [1.165, 1.54) is 34.8 Å². The van der Waals surface area contributed by atoms with Gasteiger partial charge >= 0.3 is 0 Å². The first-order chi connectivity index (χ1) is 7.70. The van der Waals surface area contributed by atoms with Gasteiger partial charge in [0.15, 0.2) is 0 Å². The fourth-order valence-corrected chi connectivity index (χ4v) is 3.34. The van der Waals surface area contributed by atoms with Crippen LogP contribution < -0.4 is 5.32 Å². The van der Waals surface area contributed by atoms with Crippen LogP contribution >= 0.6 is 11.3 Å². The Hall–Kier alpha value is -0.450. The monoisotopic (exact) mass is 239 g/mol. The van der Waals surface area contributed by atoms with Crippen LogP contribution in [-0.4, -0.2) is 37.6 Å². The van der Waals surface area contributed by atoms with Crippen LogP contribution in [0.25, 0.3) is 0 Å². The summed E-state index contributed by atoms with van der Waals surface area (Å²) in [6, 6.07) is 0.494. The van der Waals surface area contributed by atoms with Gasteiger partial charge in [0.25, 0.3) is 0 Å². The van der Waals surface area contributed by atoms with Crippen molar-refractivity contribution in [3.05, 3.63) is 15.6 Å². The van der Waals surface area contributed by atoms with Crippen LogP contribution in [0.5, 0.6) is 0 Å². The number of hydrogen-bond acceptors (Lipinski definition) is 4. The molecule has 1 unspecified atom stereocenters. The standard InChI is InChI=1S/C12H21N3S/c1-13-9-5-4-6-10-12(9)14-11(16-10)7-8-15(2)3/h9,13H,4-8H2,1-3H3. The minimum atomic E-state index is 0.494. The van der Waals surface area contributed by atoms with Crippen molar-refractivity contribution >= 4 is 11.3 Å². The van der Waals surface area contributed by atoms with Gasteiger partial charge in [-0.25, -0.2) is 4.98 Å². The number of aryl methyl sites for hydroxylation is 1. The highest BCUT2D eigenvalue weighted by atomic mass is 32.1. The third-order valence-corrected chi connectivity index (χ3v) is 4.31. The molecule has 0 bridgehead atoms. The zero-order valence-electron chi connectivity index (χ0n) is 10.4. The van der Waals surface area contributed by atoms with Gasteiger partial charge in [0, 0.05) is 17.8 Å². The molecule has 0 amide bonds. The number of aromatic nitrogens is 1. The molecule has 0 fully saturated rings. The molecule has 1 aliphatic rings. The van der Waals surface area contributed by atoms with Crippen LogP contribution in [-0.2, 0) is 12.8 Å². The number of nitrogens with zero attached hydrogens (tertiary/aromatic N) is 2. The molecular weight excluding hydrogens is 218 g/mol. The molecule has 0 saturated heterocycles. The van der Waals surface area contributed by atoms with Crippen LogP contribution in [0.4, 0.5) is 0 Å². The van der Waals surface area contributed by atoms with Gasteiger partial charge in [0.2, 0.25) is 0 Å². The first-order valence-electron chi connectivity index (χ1n) is 6.01. The Labute approximate surface area is 102 Å². The Morgan fingerprint density at radius 2 is 2.31 bits per heavy atom. The van der Waals surface area contributed by atoms with Gasteiger partial charge in [-0.3, -0.25) is 0 Å². The lowest BCUT2D eigenvalue weighted by Gasteiger charge is -2.19. The van der Waals surface area contributed by atoms with E-state index < -0.39 is 0 Å². The van der Waals surface area contributed by atoms with Gasteiger partial charge in [0.05, 0.1) is 16.7 Å². The van der Waals surface area contributed by atoms with Crippen molar-refractivity contribution in [2.24, 2.45) is 0 Å². The van der Waals surface area contributed by atoms with Crippen LogP contribution in [0.2, 0.25) is 0 Å². The molecule has 16 heavy (non-hydrogen) atoms. The van der Waals surface area contributed by atoms with E-state index >= 15 is 0 Å². The van der Waals surface area contributed by atoms with E-state index in [2.05, 4.69) is 24.3 Å². The summed E-state index contributed by atoms with van der Waals surface area (Å²) < 4.78 is 0. The maximum atomic E-state index is 4.80. The van der Waals surface area contributed by atoms with E-state index in [1.807, 2.05) is 18.4 Å². The Morgan fingerprint density at radius 3 is 3.00 bits per heavy atom. The number of hydrogen-bond donors (Lipinski definition) is 1. The van der Waals surface area contributed by atoms with Crippen molar-refractivity contribution in [1.82, 2.24) is 15.2 Å². The van der Waals surface area contributed by atoms with Crippen LogP contribution in [0, 0.1) is 0 Å². The van der Waals surface area contributed by atoms with E-state index in [-0.39, 0.29) is 0 Å². The number of nitrogens with one attached hydrogen (secondary N) is 1. The summed E-state index contributed by atoms with van der Waals surface area (Å²) in [5, 5.41) is 4.68. The maximum Gasteiger partial charge on any atom is 0.0944 e. The summed E-state index contributed by atoms with van der Waals surface area (Å²) in [5.74, 6) is 0. The normalized spacial score (nSPS) is 20.1. The summed E-state index contributed by atoms with van der Waals surface area (Å²) in [6.07, 6.45) is 4.85. The van der Waals surface area contributed by atoms with Gasteiger partial charge < -0.3 is 10.2 Å². The summed E-state index contributed by atoms with van der Waals surface area (Å²) >= 11 is 1.92. The Kier molecular flexibility index (Phi) is 3.95. The average molecular weight is 239 g/mol. The number of thiazole rings is 1. The summed E-state index contributed by atoms with van der Waals surface area (Å²) in [6.45, 7) is 1.09. The molecule has 1 atom stereocenters. The lowest BCUT2D eigenvalue weighted by molar-refractivity contribution is 0.412. The molecule has 0 saturated carbocycles. The molecule has 4 heteroatoms. The second-order valence-electron chi connectivity index (χ2n) is 4.70. The van der Waals surface area contributed by atoms with Crippen molar-refractivity contribution in [2.75, 3.05) is 27.7 Å². The third-order valence-electron chi connectivity index (χ3n) is 3.12. The van der Waals surface area contributed by atoms with Crippen molar-refractivity contribution < 1.29 is 0 Å². The minimum Gasteiger partial charge on any atom is -0.312 e. The molecule has 0 aliphatic heterocycles. The number of fused-ring (bicyclic) bond motifs is 1. The molecule has 1 heterocycles. The van der Waals surface area contributed by atoms with Gasteiger partial charge in [0.1, 0.15) is 0 Å². The summed E-state index contributed by atoms with van der Waals surface area (Å²) in [5.41, 5.74) is 1.33. The predicted octanol–water partition coefficient (Wildman–Crippen LogP) is 1.84. The van der Waals surface area contributed by atoms with Gasteiger partial charge in [-0.15, -0.1) is 11.3 Å². The highest BCUT2D eigenvalue weighted by Gasteiger charge is 2.23. The van der Waals surface area contributed by atoms with Crippen molar-refractivity contribution in [3.8, 4) is 0 Å².